The summed E-state index contributed by atoms with van der Waals surface area (Å²) in [5, 5.41) is 0. The Hall–Kier alpha value is -3.28. The first kappa shape index (κ1) is 18.1. The van der Waals surface area contributed by atoms with Crippen molar-refractivity contribution in [3.63, 3.8) is 0 Å². The Bertz CT molecular complexity index is 998. The molecule has 28 heavy (non-hydrogen) atoms. The molecule has 0 N–H and O–H groups in total. The number of aromatic nitrogens is 2. The second kappa shape index (κ2) is 7.38. The highest BCUT2D eigenvalue weighted by atomic mass is 16.5. The molecule has 1 saturated heterocycles. The third-order valence-corrected chi connectivity index (χ3v) is 5.24. The molecule has 6 nitrogen and oxygen atoms in total. The molecule has 1 atom stereocenters. The quantitative estimate of drug-likeness (QED) is 0.681. The molecule has 6 heteroatoms. The van der Waals surface area contributed by atoms with E-state index in [4.69, 9.17) is 14.5 Å². The number of likely N-dealkylation sites (tertiary alicyclic amines) is 1. The Kier molecular flexibility index (Phi) is 4.77. The number of methoxy groups -OCH3 is 2. The van der Waals surface area contributed by atoms with Crippen LogP contribution < -0.4 is 9.47 Å². The molecule has 4 rings (SSSR count). The van der Waals surface area contributed by atoms with Crippen LogP contribution in [0.2, 0.25) is 0 Å². The molecule has 144 valence electrons. The van der Waals surface area contributed by atoms with Gasteiger partial charge in [0.1, 0.15) is 17.5 Å². The average molecular weight is 377 g/mol. The first-order valence-electron chi connectivity index (χ1n) is 9.23. The topological polar surface area (TPSA) is 56.6 Å². The Morgan fingerprint density at radius 3 is 2.50 bits per heavy atom. The lowest BCUT2D eigenvalue weighted by atomic mass is 10.0. The van der Waals surface area contributed by atoms with E-state index in [-0.39, 0.29) is 11.9 Å². The lowest BCUT2D eigenvalue weighted by Gasteiger charge is -2.18. The van der Waals surface area contributed by atoms with Gasteiger partial charge in [-0.3, -0.25) is 4.79 Å². The van der Waals surface area contributed by atoms with E-state index in [2.05, 4.69) is 0 Å². The van der Waals surface area contributed by atoms with Gasteiger partial charge in [0.2, 0.25) is 5.91 Å². The maximum Gasteiger partial charge on any atom is 0.245 e. The molecule has 0 aliphatic carbocycles. The van der Waals surface area contributed by atoms with Crippen molar-refractivity contribution in [3.8, 4) is 34.0 Å². The van der Waals surface area contributed by atoms with Crippen LogP contribution in [0.15, 0.2) is 54.9 Å². The highest BCUT2D eigenvalue weighted by Gasteiger charge is 2.33. The molecule has 1 aliphatic rings. The van der Waals surface area contributed by atoms with E-state index in [1.807, 2.05) is 60.1 Å². The van der Waals surface area contributed by atoms with Crippen LogP contribution in [0.1, 0.15) is 12.5 Å². The predicted octanol–water partition coefficient (Wildman–Crippen LogP) is 3.64. The third kappa shape index (κ3) is 3.01. The SMILES string of the molecule is COc1ccc(OC)c(-c2c(-c3ccccc3)ncn2[C@H]2CCN(C)C2=O)c1. The highest BCUT2D eigenvalue weighted by molar-refractivity contribution is 5.87. The normalized spacial score (nSPS) is 16.5. The van der Waals surface area contributed by atoms with Crippen LogP contribution in [0.25, 0.3) is 22.5 Å². The smallest absolute Gasteiger partial charge is 0.245 e. The Balaban J connectivity index is 1.96. The van der Waals surface area contributed by atoms with E-state index < -0.39 is 0 Å². The maximum absolute atomic E-state index is 12.7. The van der Waals surface area contributed by atoms with Gasteiger partial charge >= 0.3 is 0 Å². The van der Waals surface area contributed by atoms with Gasteiger partial charge in [0, 0.05) is 24.7 Å². The van der Waals surface area contributed by atoms with Gasteiger partial charge in [0.15, 0.2) is 0 Å². The van der Waals surface area contributed by atoms with Crippen molar-refractivity contribution < 1.29 is 14.3 Å². The molecule has 1 aromatic heterocycles. The molecule has 0 bridgehead atoms. The van der Waals surface area contributed by atoms with Crippen LogP contribution in [0.3, 0.4) is 0 Å². The molecule has 0 unspecified atom stereocenters. The summed E-state index contributed by atoms with van der Waals surface area (Å²) in [6.45, 7) is 0.733. The standard InChI is InChI=1S/C22H23N3O3/c1-24-12-11-18(22(24)26)25-14-23-20(15-7-5-4-6-8-15)21(25)17-13-16(27-2)9-10-19(17)28-3/h4-10,13-14,18H,11-12H2,1-3H3/t18-/m0/s1. The summed E-state index contributed by atoms with van der Waals surface area (Å²) in [6.07, 6.45) is 2.51. The van der Waals surface area contributed by atoms with E-state index in [0.717, 1.165) is 41.2 Å². The van der Waals surface area contributed by atoms with Crippen molar-refractivity contribution in [1.29, 1.82) is 0 Å². The Morgan fingerprint density at radius 1 is 1.07 bits per heavy atom. The van der Waals surface area contributed by atoms with E-state index in [1.165, 1.54) is 0 Å². The minimum absolute atomic E-state index is 0.0973. The van der Waals surface area contributed by atoms with Crippen molar-refractivity contribution in [2.75, 3.05) is 27.8 Å². The number of amides is 1. The molecule has 0 radical (unpaired) electrons. The third-order valence-electron chi connectivity index (χ3n) is 5.24. The minimum Gasteiger partial charge on any atom is -0.497 e. The van der Waals surface area contributed by atoms with E-state index >= 15 is 0 Å². The van der Waals surface area contributed by atoms with Gasteiger partial charge in [-0.05, 0) is 24.6 Å². The fourth-order valence-corrected chi connectivity index (χ4v) is 3.73. The molecule has 1 amide bonds. The Morgan fingerprint density at radius 2 is 1.86 bits per heavy atom. The zero-order valence-electron chi connectivity index (χ0n) is 16.3. The van der Waals surface area contributed by atoms with Crippen molar-refractivity contribution in [2.24, 2.45) is 0 Å². The summed E-state index contributed by atoms with van der Waals surface area (Å²) in [4.78, 5) is 19.2. The lowest BCUT2D eigenvalue weighted by molar-refractivity contribution is -0.129. The number of carbonyl (C=O) groups is 1. The van der Waals surface area contributed by atoms with Crippen LogP contribution in [0.5, 0.6) is 11.5 Å². The number of benzene rings is 2. The van der Waals surface area contributed by atoms with Crippen LogP contribution in [-0.4, -0.2) is 48.2 Å². The van der Waals surface area contributed by atoms with E-state index in [1.54, 1.807) is 25.4 Å². The fraction of sp³-hybridized carbons (Fsp3) is 0.273. The largest absolute Gasteiger partial charge is 0.497 e. The lowest BCUT2D eigenvalue weighted by Crippen LogP contribution is -2.24. The van der Waals surface area contributed by atoms with Gasteiger partial charge in [-0.1, -0.05) is 30.3 Å². The monoisotopic (exact) mass is 377 g/mol. The molecule has 1 aliphatic heterocycles. The summed E-state index contributed by atoms with van der Waals surface area (Å²) >= 11 is 0. The van der Waals surface area contributed by atoms with Crippen molar-refractivity contribution in [1.82, 2.24) is 14.5 Å². The zero-order valence-corrected chi connectivity index (χ0v) is 16.3. The minimum atomic E-state index is -0.277. The molecular weight excluding hydrogens is 354 g/mol. The van der Waals surface area contributed by atoms with Crippen LogP contribution in [0, 0.1) is 0 Å². The second-order valence-corrected chi connectivity index (χ2v) is 6.85. The van der Waals surface area contributed by atoms with Gasteiger partial charge in [0.25, 0.3) is 0 Å². The van der Waals surface area contributed by atoms with Gasteiger partial charge < -0.3 is 18.9 Å². The summed E-state index contributed by atoms with van der Waals surface area (Å²) in [5.74, 6) is 1.52. The first-order valence-corrected chi connectivity index (χ1v) is 9.23. The van der Waals surface area contributed by atoms with E-state index in [9.17, 15) is 4.79 Å². The van der Waals surface area contributed by atoms with E-state index in [0.29, 0.717) is 5.75 Å². The summed E-state index contributed by atoms with van der Waals surface area (Å²) < 4.78 is 13.1. The molecule has 1 fully saturated rings. The van der Waals surface area contributed by atoms with Crippen molar-refractivity contribution >= 4 is 5.91 Å². The number of nitrogens with zero attached hydrogens (tertiary/aromatic N) is 3. The summed E-state index contributed by atoms with van der Waals surface area (Å²) in [7, 11) is 5.11. The van der Waals surface area contributed by atoms with Crippen LogP contribution >= 0.6 is 0 Å². The number of hydrogen-bond donors (Lipinski definition) is 0. The summed E-state index contributed by atoms with van der Waals surface area (Å²) in [5.41, 5.74) is 3.51. The molecule has 2 aromatic carbocycles. The van der Waals surface area contributed by atoms with Crippen molar-refractivity contribution in [2.45, 2.75) is 12.5 Å². The zero-order chi connectivity index (χ0) is 19.7. The number of rotatable bonds is 5. The average Bonchev–Trinajstić information content (AvgIpc) is 3.31. The number of imidazole rings is 1. The number of ether oxygens (including phenoxy) is 2. The van der Waals surface area contributed by atoms with Gasteiger partial charge in [-0.15, -0.1) is 0 Å². The predicted molar refractivity (Wildman–Crippen MR) is 107 cm³/mol. The fourth-order valence-electron chi connectivity index (χ4n) is 3.73. The molecule has 0 spiro atoms. The number of carbonyl (C=O) groups excluding carboxylic acids is 1. The van der Waals surface area contributed by atoms with Crippen LogP contribution in [-0.2, 0) is 4.79 Å². The Labute approximate surface area is 164 Å². The van der Waals surface area contributed by atoms with Crippen LogP contribution in [0.4, 0.5) is 0 Å². The second-order valence-electron chi connectivity index (χ2n) is 6.85. The van der Waals surface area contributed by atoms with Gasteiger partial charge in [0.05, 0.1) is 31.9 Å². The molecular formula is C22H23N3O3. The molecule has 2 heterocycles. The number of hydrogen-bond acceptors (Lipinski definition) is 4. The van der Waals surface area contributed by atoms with Gasteiger partial charge in [-0.2, -0.15) is 0 Å². The van der Waals surface area contributed by atoms with Crippen molar-refractivity contribution in [3.05, 3.63) is 54.9 Å². The maximum atomic E-state index is 12.7. The molecule has 0 saturated carbocycles. The molecule has 3 aromatic rings. The van der Waals surface area contributed by atoms with Gasteiger partial charge in [-0.25, -0.2) is 4.98 Å². The number of likely N-dealkylation sites (N-methyl/N-ethyl adjacent to an activating group) is 1. The highest BCUT2D eigenvalue weighted by Crippen LogP contribution is 2.41. The first-order chi connectivity index (χ1) is 13.6. The summed E-state index contributed by atoms with van der Waals surface area (Å²) in [6, 6.07) is 15.4.